The monoisotopic (exact) mass is 373 g/mol. The van der Waals surface area contributed by atoms with E-state index in [0.717, 1.165) is 15.1 Å². The summed E-state index contributed by atoms with van der Waals surface area (Å²) in [4.78, 5) is 24.3. The Bertz CT molecular complexity index is 939. The summed E-state index contributed by atoms with van der Waals surface area (Å²) in [5, 5.41) is 10.5. The van der Waals surface area contributed by atoms with Crippen molar-refractivity contribution in [1.82, 2.24) is 25.1 Å². The summed E-state index contributed by atoms with van der Waals surface area (Å²) in [7, 11) is 0. The van der Waals surface area contributed by atoms with Crippen LogP contribution < -0.4 is 15.7 Å². The third kappa shape index (κ3) is 4.28. The predicted octanol–water partition coefficient (Wildman–Crippen LogP) is 1.28. The summed E-state index contributed by atoms with van der Waals surface area (Å²) in [6.07, 6.45) is 0. The van der Waals surface area contributed by atoms with Crippen molar-refractivity contribution in [2.24, 2.45) is 0 Å². The fourth-order valence-electron chi connectivity index (χ4n) is 2.22. The molecule has 134 valence electrons. The number of amides is 1. The minimum Gasteiger partial charge on any atom is -0.492 e. The van der Waals surface area contributed by atoms with E-state index in [0.29, 0.717) is 23.9 Å². The molecule has 0 fully saturated rings. The fraction of sp³-hybridized carbons (Fsp3) is 0.176. The molecule has 26 heavy (non-hydrogen) atoms. The Morgan fingerprint density at radius 2 is 1.81 bits per heavy atom. The molecule has 0 aliphatic carbocycles. The van der Waals surface area contributed by atoms with Crippen LogP contribution in [0.15, 0.2) is 59.4 Å². The van der Waals surface area contributed by atoms with Gasteiger partial charge in [-0.2, -0.15) is 9.36 Å². The highest BCUT2D eigenvalue weighted by Gasteiger charge is 2.13. The Balaban J connectivity index is 1.54. The van der Waals surface area contributed by atoms with Gasteiger partial charge in [-0.25, -0.2) is 4.79 Å². The smallest absolute Gasteiger partial charge is 0.369 e. The van der Waals surface area contributed by atoms with Gasteiger partial charge in [-0.1, -0.05) is 41.9 Å². The minimum atomic E-state index is -0.547. The molecule has 0 atom stereocenters. The van der Waals surface area contributed by atoms with E-state index in [4.69, 9.17) is 16.3 Å². The van der Waals surface area contributed by atoms with Crippen LogP contribution >= 0.6 is 11.6 Å². The highest BCUT2D eigenvalue weighted by Crippen LogP contribution is 2.16. The number of carbonyl (C=O) groups excluding carboxylic acids is 1. The lowest BCUT2D eigenvalue weighted by Crippen LogP contribution is -2.35. The van der Waals surface area contributed by atoms with Crippen LogP contribution in [0.1, 0.15) is 0 Å². The molecule has 0 bridgehead atoms. The number of nitrogens with zero attached hydrogens (tertiary/aromatic N) is 4. The molecule has 3 rings (SSSR count). The summed E-state index contributed by atoms with van der Waals surface area (Å²) in [5.41, 5.74) is -0.143. The van der Waals surface area contributed by atoms with Gasteiger partial charge in [-0.3, -0.25) is 4.79 Å². The van der Waals surface area contributed by atoms with E-state index in [1.54, 1.807) is 24.3 Å². The molecule has 9 heteroatoms. The Kier molecular flexibility index (Phi) is 5.65. The van der Waals surface area contributed by atoms with Gasteiger partial charge >= 0.3 is 5.69 Å². The summed E-state index contributed by atoms with van der Waals surface area (Å²) in [6, 6.07) is 16.0. The van der Waals surface area contributed by atoms with Crippen LogP contribution in [0.4, 0.5) is 0 Å². The number of aromatic nitrogens is 4. The number of para-hydroxylation sites is 2. The average Bonchev–Trinajstić information content (AvgIpc) is 3.00. The van der Waals surface area contributed by atoms with Crippen molar-refractivity contribution in [2.75, 3.05) is 13.2 Å². The molecule has 0 radical (unpaired) electrons. The van der Waals surface area contributed by atoms with Crippen molar-refractivity contribution in [3.63, 3.8) is 0 Å². The number of hydrogen-bond donors (Lipinski definition) is 1. The van der Waals surface area contributed by atoms with Crippen molar-refractivity contribution in [1.29, 1.82) is 0 Å². The molecule has 3 aromatic rings. The second-order valence-electron chi connectivity index (χ2n) is 5.29. The van der Waals surface area contributed by atoms with Gasteiger partial charge in [0.25, 0.3) is 0 Å². The first kappa shape index (κ1) is 17.7. The van der Waals surface area contributed by atoms with Crippen LogP contribution in [0, 0.1) is 0 Å². The van der Waals surface area contributed by atoms with Gasteiger partial charge in [0.2, 0.25) is 5.91 Å². The van der Waals surface area contributed by atoms with Gasteiger partial charge in [0, 0.05) is 0 Å². The van der Waals surface area contributed by atoms with E-state index in [2.05, 4.69) is 15.7 Å². The first-order valence-corrected chi connectivity index (χ1v) is 8.25. The van der Waals surface area contributed by atoms with Crippen LogP contribution in [0.2, 0.25) is 5.02 Å². The van der Waals surface area contributed by atoms with E-state index in [1.807, 2.05) is 30.3 Å². The highest BCUT2D eigenvalue weighted by molar-refractivity contribution is 6.32. The lowest BCUT2D eigenvalue weighted by atomic mass is 10.3. The SMILES string of the molecule is O=C(Cn1nnn(-c2ccccc2Cl)c1=O)NCCOc1ccccc1. The lowest BCUT2D eigenvalue weighted by Gasteiger charge is -2.07. The van der Waals surface area contributed by atoms with Crippen LogP contribution in [-0.4, -0.2) is 38.8 Å². The van der Waals surface area contributed by atoms with Crippen molar-refractivity contribution >= 4 is 17.5 Å². The normalized spacial score (nSPS) is 10.5. The van der Waals surface area contributed by atoms with Gasteiger partial charge in [-0.05, 0) is 34.7 Å². The highest BCUT2D eigenvalue weighted by atomic mass is 35.5. The molecule has 0 spiro atoms. The number of carbonyl (C=O) groups is 1. The second kappa shape index (κ2) is 8.30. The van der Waals surface area contributed by atoms with Crippen LogP contribution in [0.3, 0.4) is 0 Å². The summed E-state index contributed by atoms with van der Waals surface area (Å²) in [6.45, 7) is 0.382. The molecule has 0 aliphatic rings. The quantitative estimate of drug-likeness (QED) is 0.630. The van der Waals surface area contributed by atoms with Crippen molar-refractivity contribution in [3.8, 4) is 11.4 Å². The molecule has 0 saturated heterocycles. The molecular formula is C17H16ClN5O3. The second-order valence-corrected chi connectivity index (χ2v) is 5.70. The van der Waals surface area contributed by atoms with E-state index in [-0.39, 0.29) is 12.5 Å². The zero-order valence-corrected chi connectivity index (χ0v) is 14.5. The minimum absolute atomic E-state index is 0.241. The molecule has 1 heterocycles. The van der Waals surface area contributed by atoms with Crippen LogP contribution in [0.5, 0.6) is 5.75 Å². The Morgan fingerprint density at radius 3 is 2.58 bits per heavy atom. The molecule has 0 saturated carbocycles. The maximum absolute atomic E-state index is 12.3. The number of benzene rings is 2. The van der Waals surface area contributed by atoms with Gasteiger partial charge in [-0.15, -0.1) is 0 Å². The van der Waals surface area contributed by atoms with Gasteiger partial charge < -0.3 is 10.1 Å². The number of halogens is 1. The van der Waals surface area contributed by atoms with E-state index >= 15 is 0 Å². The predicted molar refractivity (Wildman–Crippen MR) is 95.6 cm³/mol. The molecule has 0 aliphatic heterocycles. The number of rotatable bonds is 7. The molecule has 2 aromatic carbocycles. The van der Waals surface area contributed by atoms with E-state index in [1.165, 1.54) is 0 Å². The Hall–Kier alpha value is -3.13. The molecular weight excluding hydrogens is 358 g/mol. The van der Waals surface area contributed by atoms with E-state index < -0.39 is 5.69 Å². The van der Waals surface area contributed by atoms with Crippen LogP contribution in [0.25, 0.3) is 5.69 Å². The third-order valence-corrected chi connectivity index (χ3v) is 3.77. The first-order valence-electron chi connectivity index (χ1n) is 7.87. The number of hydrogen-bond acceptors (Lipinski definition) is 5. The number of nitrogens with one attached hydrogen (secondary N) is 1. The molecule has 8 nitrogen and oxygen atoms in total. The standard InChI is InChI=1S/C17H16ClN5O3/c18-14-8-4-5-9-15(14)23-17(25)22(20-21-23)12-16(24)19-10-11-26-13-6-2-1-3-7-13/h1-9H,10-12H2,(H,19,24). The fourth-order valence-corrected chi connectivity index (χ4v) is 2.43. The zero-order valence-electron chi connectivity index (χ0n) is 13.7. The van der Waals surface area contributed by atoms with Crippen molar-refractivity contribution < 1.29 is 9.53 Å². The summed E-state index contributed by atoms with van der Waals surface area (Å²) < 4.78 is 7.49. The van der Waals surface area contributed by atoms with Crippen LogP contribution in [-0.2, 0) is 11.3 Å². The maximum Gasteiger partial charge on any atom is 0.369 e. The van der Waals surface area contributed by atoms with Gasteiger partial charge in [0.05, 0.1) is 17.3 Å². The topological polar surface area (TPSA) is 91.0 Å². The summed E-state index contributed by atoms with van der Waals surface area (Å²) >= 11 is 6.05. The Morgan fingerprint density at radius 1 is 1.08 bits per heavy atom. The molecule has 0 unspecified atom stereocenters. The number of tetrazole rings is 1. The molecule has 1 amide bonds. The van der Waals surface area contributed by atoms with Crippen molar-refractivity contribution in [3.05, 3.63) is 70.1 Å². The first-order chi connectivity index (χ1) is 12.6. The molecule has 1 N–H and O–H groups in total. The number of ether oxygens (including phenoxy) is 1. The molecule has 1 aromatic heterocycles. The van der Waals surface area contributed by atoms with Gasteiger partial charge in [0.1, 0.15) is 18.9 Å². The van der Waals surface area contributed by atoms with Gasteiger partial charge in [0.15, 0.2) is 0 Å². The summed E-state index contributed by atoms with van der Waals surface area (Å²) in [5.74, 6) is 0.357. The Labute approximate surface area is 153 Å². The lowest BCUT2D eigenvalue weighted by molar-refractivity contribution is -0.122. The largest absolute Gasteiger partial charge is 0.492 e. The maximum atomic E-state index is 12.3. The third-order valence-electron chi connectivity index (χ3n) is 3.45. The van der Waals surface area contributed by atoms with E-state index in [9.17, 15) is 9.59 Å². The zero-order chi connectivity index (χ0) is 18.4. The average molecular weight is 374 g/mol. The van der Waals surface area contributed by atoms with Crippen molar-refractivity contribution in [2.45, 2.75) is 6.54 Å².